The maximum Gasteiger partial charge on any atom is 0.273 e. The second-order valence-electron chi connectivity index (χ2n) is 6.56. The van der Waals surface area contributed by atoms with Crippen LogP contribution in [0.1, 0.15) is 33.9 Å². The maximum atomic E-state index is 12.8. The molecule has 142 valence electrons. The van der Waals surface area contributed by atoms with Gasteiger partial charge in [0.1, 0.15) is 17.2 Å². The molecule has 0 aliphatic heterocycles. The predicted molar refractivity (Wildman–Crippen MR) is 104 cm³/mol. The molecule has 7 nitrogen and oxygen atoms in total. The van der Waals surface area contributed by atoms with Crippen LogP contribution in [0.15, 0.2) is 34.2 Å². The Morgan fingerprint density at radius 1 is 1.15 bits per heavy atom. The number of aryl methyl sites for hydroxylation is 1. The van der Waals surface area contributed by atoms with Crippen molar-refractivity contribution in [2.24, 2.45) is 0 Å². The third-order valence-electron chi connectivity index (χ3n) is 4.00. The number of rotatable bonds is 7. The number of amides is 1. The molecule has 0 N–H and O–H groups in total. The van der Waals surface area contributed by atoms with Crippen molar-refractivity contribution in [1.82, 2.24) is 24.9 Å². The SMILES string of the molecule is CCN(Cc1nc(-c2ccc(C)cc2)no1)C(=O)c1csc(CN(C)C)n1. The summed E-state index contributed by atoms with van der Waals surface area (Å²) in [6.07, 6.45) is 0. The number of benzene rings is 1. The van der Waals surface area contributed by atoms with E-state index in [-0.39, 0.29) is 12.5 Å². The maximum absolute atomic E-state index is 12.8. The van der Waals surface area contributed by atoms with Crippen LogP contribution in [0.4, 0.5) is 0 Å². The van der Waals surface area contributed by atoms with E-state index in [1.807, 2.05) is 57.1 Å². The van der Waals surface area contributed by atoms with Crippen LogP contribution < -0.4 is 0 Å². The largest absolute Gasteiger partial charge is 0.337 e. The molecule has 0 bridgehead atoms. The summed E-state index contributed by atoms with van der Waals surface area (Å²) in [6.45, 7) is 5.45. The van der Waals surface area contributed by atoms with Gasteiger partial charge >= 0.3 is 0 Å². The lowest BCUT2D eigenvalue weighted by atomic mass is 10.1. The number of carbonyl (C=O) groups excluding carboxylic acids is 1. The van der Waals surface area contributed by atoms with E-state index in [2.05, 4.69) is 15.1 Å². The average Bonchev–Trinajstić information content (AvgIpc) is 3.29. The van der Waals surface area contributed by atoms with E-state index in [9.17, 15) is 4.79 Å². The molecule has 0 fully saturated rings. The Morgan fingerprint density at radius 2 is 1.89 bits per heavy atom. The molecule has 27 heavy (non-hydrogen) atoms. The first-order valence-electron chi connectivity index (χ1n) is 8.74. The van der Waals surface area contributed by atoms with Gasteiger partial charge in [0.15, 0.2) is 0 Å². The lowest BCUT2D eigenvalue weighted by molar-refractivity contribution is 0.0729. The van der Waals surface area contributed by atoms with Crippen LogP contribution in [0, 0.1) is 6.92 Å². The zero-order valence-electron chi connectivity index (χ0n) is 16.0. The lowest BCUT2D eigenvalue weighted by Gasteiger charge is -2.17. The fourth-order valence-electron chi connectivity index (χ4n) is 2.54. The highest BCUT2D eigenvalue weighted by atomic mass is 32.1. The number of hydrogen-bond acceptors (Lipinski definition) is 7. The normalized spacial score (nSPS) is 11.1. The Hall–Kier alpha value is -2.58. The lowest BCUT2D eigenvalue weighted by Crippen LogP contribution is -2.30. The summed E-state index contributed by atoms with van der Waals surface area (Å²) in [6, 6.07) is 7.91. The van der Waals surface area contributed by atoms with Gasteiger partial charge in [-0.15, -0.1) is 11.3 Å². The molecule has 8 heteroatoms. The Balaban J connectivity index is 1.70. The first-order valence-corrected chi connectivity index (χ1v) is 9.62. The van der Waals surface area contributed by atoms with Gasteiger partial charge in [-0.05, 0) is 27.9 Å². The van der Waals surface area contributed by atoms with Crippen molar-refractivity contribution in [3.8, 4) is 11.4 Å². The molecule has 0 saturated heterocycles. The molecule has 0 atom stereocenters. The molecule has 0 aliphatic rings. The molecule has 0 unspecified atom stereocenters. The van der Waals surface area contributed by atoms with Crippen LogP contribution >= 0.6 is 11.3 Å². The van der Waals surface area contributed by atoms with Crippen molar-refractivity contribution in [3.05, 3.63) is 51.8 Å². The van der Waals surface area contributed by atoms with Gasteiger partial charge in [0, 0.05) is 24.0 Å². The topological polar surface area (TPSA) is 75.4 Å². The molecule has 0 radical (unpaired) electrons. The number of nitrogens with zero attached hydrogens (tertiary/aromatic N) is 5. The minimum atomic E-state index is -0.131. The second-order valence-corrected chi connectivity index (χ2v) is 7.50. The molecule has 2 aromatic heterocycles. The van der Waals surface area contributed by atoms with Gasteiger partial charge in [-0.2, -0.15) is 4.98 Å². The highest BCUT2D eigenvalue weighted by Gasteiger charge is 2.20. The van der Waals surface area contributed by atoms with E-state index in [0.717, 1.165) is 10.6 Å². The monoisotopic (exact) mass is 385 g/mol. The Kier molecular flexibility index (Phi) is 5.98. The van der Waals surface area contributed by atoms with Gasteiger partial charge in [-0.3, -0.25) is 4.79 Å². The summed E-state index contributed by atoms with van der Waals surface area (Å²) in [5, 5.41) is 6.75. The molecule has 1 aromatic carbocycles. The van der Waals surface area contributed by atoms with E-state index < -0.39 is 0 Å². The molecule has 3 rings (SSSR count). The average molecular weight is 385 g/mol. The molecule has 1 amide bonds. The molecule has 3 aromatic rings. The summed E-state index contributed by atoms with van der Waals surface area (Å²) in [5.74, 6) is 0.800. The van der Waals surface area contributed by atoms with Crippen LogP contribution in [0.2, 0.25) is 0 Å². The minimum absolute atomic E-state index is 0.131. The highest BCUT2D eigenvalue weighted by Crippen LogP contribution is 2.18. The minimum Gasteiger partial charge on any atom is -0.337 e. The van der Waals surface area contributed by atoms with Gasteiger partial charge in [0.05, 0.1) is 0 Å². The van der Waals surface area contributed by atoms with Gasteiger partial charge in [-0.1, -0.05) is 35.0 Å². The first kappa shape index (κ1) is 19.2. The summed E-state index contributed by atoms with van der Waals surface area (Å²) < 4.78 is 5.35. The van der Waals surface area contributed by atoms with Crippen LogP contribution in [0.3, 0.4) is 0 Å². The molecular formula is C19H23N5O2S. The van der Waals surface area contributed by atoms with Crippen molar-refractivity contribution in [1.29, 1.82) is 0 Å². The molecule has 2 heterocycles. The number of aromatic nitrogens is 3. The molecule has 0 saturated carbocycles. The van der Waals surface area contributed by atoms with Crippen molar-refractivity contribution < 1.29 is 9.32 Å². The van der Waals surface area contributed by atoms with Crippen molar-refractivity contribution in [3.63, 3.8) is 0 Å². The van der Waals surface area contributed by atoms with Crippen LogP contribution in [-0.2, 0) is 13.1 Å². The molecular weight excluding hydrogens is 362 g/mol. The first-order chi connectivity index (χ1) is 13.0. The van der Waals surface area contributed by atoms with E-state index in [0.29, 0.717) is 30.5 Å². The van der Waals surface area contributed by atoms with Crippen LogP contribution in [-0.4, -0.2) is 51.5 Å². The third kappa shape index (κ3) is 4.78. The summed E-state index contributed by atoms with van der Waals surface area (Å²) in [5.41, 5.74) is 2.51. The van der Waals surface area contributed by atoms with E-state index in [1.165, 1.54) is 16.9 Å². The smallest absolute Gasteiger partial charge is 0.273 e. The number of hydrogen-bond donors (Lipinski definition) is 0. The van der Waals surface area contributed by atoms with E-state index in [4.69, 9.17) is 4.52 Å². The van der Waals surface area contributed by atoms with Gasteiger partial charge in [0.25, 0.3) is 5.91 Å². The Morgan fingerprint density at radius 3 is 2.56 bits per heavy atom. The summed E-state index contributed by atoms with van der Waals surface area (Å²) in [7, 11) is 3.95. The van der Waals surface area contributed by atoms with Gasteiger partial charge in [0.2, 0.25) is 11.7 Å². The van der Waals surface area contributed by atoms with E-state index >= 15 is 0 Å². The Labute approximate surface area is 162 Å². The standard InChI is InChI=1S/C19H23N5O2S/c1-5-24(19(25)15-12-27-17(20-15)11-23(3)4)10-16-21-18(22-26-16)14-8-6-13(2)7-9-14/h6-9,12H,5,10-11H2,1-4H3. The van der Waals surface area contributed by atoms with Crippen molar-refractivity contribution in [2.75, 3.05) is 20.6 Å². The third-order valence-corrected chi connectivity index (χ3v) is 4.83. The fourth-order valence-corrected chi connectivity index (χ4v) is 3.43. The Bertz CT molecular complexity index is 901. The van der Waals surface area contributed by atoms with Crippen LogP contribution in [0.25, 0.3) is 11.4 Å². The number of thiazole rings is 1. The van der Waals surface area contributed by atoms with Crippen molar-refractivity contribution >= 4 is 17.2 Å². The van der Waals surface area contributed by atoms with Gasteiger partial charge < -0.3 is 14.3 Å². The number of carbonyl (C=O) groups is 1. The summed E-state index contributed by atoms with van der Waals surface area (Å²) in [4.78, 5) is 25.3. The van der Waals surface area contributed by atoms with Crippen molar-refractivity contribution in [2.45, 2.75) is 26.9 Å². The zero-order valence-corrected chi connectivity index (χ0v) is 16.8. The highest BCUT2D eigenvalue weighted by molar-refractivity contribution is 7.09. The molecule has 0 aliphatic carbocycles. The van der Waals surface area contributed by atoms with Gasteiger partial charge in [-0.25, -0.2) is 4.98 Å². The van der Waals surface area contributed by atoms with Crippen LogP contribution in [0.5, 0.6) is 0 Å². The summed E-state index contributed by atoms with van der Waals surface area (Å²) >= 11 is 1.49. The predicted octanol–water partition coefficient (Wildman–Crippen LogP) is 3.23. The zero-order chi connectivity index (χ0) is 19.4. The van der Waals surface area contributed by atoms with E-state index in [1.54, 1.807) is 10.3 Å². The fraction of sp³-hybridized carbons (Fsp3) is 0.368. The second kappa shape index (κ2) is 8.41. The molecule has 0 spiro atoms. The quantitative estimate of drug-likeness (QED) is 0.622.